The molecule has 2 aromatic heterocycles. The van der Waals surface area contributed by atoms with E-state index in [1.165, 1.54) is 6.07 Å². The van der Waals surface area contributed by atoms with Crippen LogP contribution in [0.25, 0.3) is 33.5 Å². The molecule has 7 heteroatoms. The predicted molar refractivity (Wildman–Crippen MR) is 105 cm³/mol. The summed E-state index contributed by atoms with van der Waals surface area (Å²) in [6, 6.07) is 12.0. The second-order valence-corrected chi connectivity index (χ2v) is 6.93. The third kappa shape index (κ3) is 3.05. The van der Waals surface area contributed by atoms with Gasteiger partial charge in [0.15, 0.2) is 5.82 Å². The van der Waals surface area contributed by atoms with Crippen molar-refractivity contribution in [2.75, 3.05) is 6.54 Å². The zero-order chi connectivity index (χ0) is 19.9. The fraction of sp³-hybridized carbons (Fsp3) is 0.286. The van der Waals surface area contributed by atoms with E-state index in [1.54, 1.807) is 6.07 Å². The van der Waals surface area contributed by atoms with Crippen molar-refractivity contribution >= 4 is 21.9 Å². The number of nitrogens with one attached hydrogen (secondary N) is 1. The van der Waals surface area contributed by atoms with Crippen molar-refractivity contribution < 1.29 is 13.2 Å². The van der Waals surface area contributed by atoms with Crippen LogP contribution in [-0.2, 0) is 19.6 Å². The molecule has 2 aromatic carbocycles. The van der Waals surface area contributed by atoms with Crippen molar-refractivity contribution in [3.63, 3.8) is 0 Å². The van der Waals surface area contributed by atoms with Crippen LogP contribution in [0.5, 0.6) is 0 Å². The van der Waals surface area contributed by atoms with Gasteiger partial charge >= 0.3 is 6.18 Å². The molecule has 0 saturated heterocycles. The minimum absolute atomic E-state index is 0.111. The summed E-state index contributed by atoms with van der Waals surface area (Å²) in [4.78, 5) is 7.73. The third-order valence-electron chi connectivity index (χ3n) is 5.14. The molecule has 3 N–H and O–H groups in total. The summed E-state index contributed by atoms with van der Waals surface area (Å²) in [6.45, 7) is 0.553. The molecular formula is C21H21F3N4. The third-order valence-corrected chi connectivity index (χ3v) is 5.14. The first-order valence-electron chi connectivity index (χ1n) is 9.24. The molecule has 0 spiro atoms. The highest BCUT2D eigenvalue weighted by Crippen LogP contribution is 2.39. The molecule has 28 heavy (non-hydrogen) atoms. The lowest BCUT2D eigenvalue weighted by molar-refractivity contribution is -0.136. The highest BCUT2D eigenvalue weighted by Gasteiger charge is 2.34. The first kappa shape index (κ1) is 18.6. The second kappa shape index (κ2) is 6.98. The van der Waals surface area contributed by atoms with Gasteiger partial charge < -0.3 is 15.3 Å². The standard InChI is InChI=1S/C21H21F3N4/c1-28-17-11-3-2-10-16(17)26-20(28)19-14(7-4-5-12-25)13-8-6-9-15(18(13)27-19)21(22,23)24/h2-3,6,8-11,27H,4-5,7,12,25H2,1H3. The van der Waals surface area contributed by atoms with Crippen LogP contribution in [0, 0.1) is 0 Å². The van der Waals surface area contributed by atoms with Crippen LogP contribution in [0.15, 0.2) is 42.5 Å². The van der Waals surface area contributed by atoms with Gasteiger partial charge in [-0.05, 0) is 49.6 Å². The number of halogens is 3. The van der Waals surface area contributed by atoms with E-state index in [0.717, 1.165) is 35.5 Å². The van der Waals surface area contributed by atoms with Crippen LogP contribution in [0.4, 0.5) is 13.2 Å². The van der Waals surface area contributed by atoms with Crippen LogP contribution in [0.3, 0.4) is 0 Å². The van der Waals surface area contributed by atoms with E-state index in [0.29, 0.717) is 29.9 Å². The number of hydrogen-bond donors (Lipinski definition) is 2. The maximum Gasteiger partial charge on any atom is 0.418 e. The molecular weight excluding hydrogens is 365 g/mol. The maximum atomic E-state index is 13.6. The number of benzene rings is 2. The van der Waals surface area contributed by atoms with Gasteiger partial charge in [0.2, 0.25) is 0 Å². The Bertz CT molecular complexity index is 1140. The topological polar surface area (TPSA) is 59.6 Å². The Hall–Kier alpha value is -2.80. The quantitative estimate of drug-likeness (QED) is 0.473. The second-order valence-electron chi connectivity index (χ2n) is 6.93. The number of nitrogens with two attached hydrogens (primary N) is 1. The summed E-state index contributed by atoms with van der Waals surface area (Å²) < 4.78 is 42.6. The molecule has 0 saturated carbocycles. The number of imidazole rings is 1. The molecule has 0 bridgehead atoms. The Morgan fingerprint density at radius 2 is 1.86 bits per heavy atom. The molecule has 0 fully saturated rings. The molecule has 0 aliphatic rings. The van der Waals surface area contributed by atoms with E-state index < -0.39 is 11.7 Å². The molecule has 0 aliphatic carbocycles. The van der Waals surface area contributed by atoms with E-state index in [4.69, 9.17) is 5.73 Å². The van der Waals surface area contributed by atoms with E-state index in [-0.39, 0.29) is 5.52 Å². The summed E-state index contributed by atoms with van der Waals surface area (Å²) in [5.41, 5.74) is 8.30. The van der Waals surface area contributed by atoms with Gasteiger partial charge in [0.1, 0.15) is 0 Å². The minimum Gasteiger partial charge on any atom is -0.351 e. The van der Waals surface area contributed by atoms with Crippen molar-refractivity contribution in [1.82, 2.24) is 14.5 Å². The molecule has 0 unspecified atom stereocenters. The van der Waals surface area contributed by atoms with Gasteiger partial charge in [-0.3, -0.25) is 0 Å². The van der Waals surface area contributed by atoms with E-state index >= 15 is 0 Å². The number of rotatable bonds is 5. The Kier molecular flexibility index (Phi) is 4.63. The highest BCUT2D eigenvalue weighted by molar-refractivity contribution is 5.93. The van der Waals surface area contributed by atoms with Crippen LogP contribution >= 0.6 is 0 Å². The van der Waals surface area contributed by atoms with E-state index in [9.17, 15) is 13.2 Å². The van der Waals surface area contributed by atoms with Gasteiger partial charge in [-0.2, -0.15) is 13.2 Å². The number of aromatic amines is 1. The molecule has 0 aliphatic heterocycles. The van der Waals surface area contributed by atoms with Crippen LogP contribution in [0.1, 0.15) is 24.0 Å². The molecule has 4 nitrogen and oxygen atoms in total. The number of nitrogens with zero attached hydrogens (tertiary/aromatic N) is 2. The van der Waals surface area contributed by atoms with Gasteiger partial charge in [0.05, 0.1) is 27.8 Å². The molecule has 146 valence electrons. The Morgan fingerprint density at radius 3 is 2.57 bits per heavy atom. The van der Waals surface area contributed by atoms with Crippen molar-refractivity contribution in [2.45, 2.75) is 25.4 Å². The highest BCUT2D eigenvalue weighted by atomic mass is 19.4. The summed E-state index contributed by atoms with van der Waals surface area (Å²) in [5.74, 6) is 0.633. The van der Waals surface area contributed by atoms with E-state index in [2.05, 4.69) is 9.97 Å². The number of fused-ring (bicyclic) bond motifs is 2. The number of hydrogen-bond acceptors (Lipinski definition) is 2. The number of alkyl halides is 3. The van der Waals surface area contributed by atoms with Crippen LogP contribution in [0.2, 0.25) is 0 Å². The Labute approximate surface area is 160 Å². The molecule has 4 aromatic rings. The van der Waals surface area contributed by atoms with Crippen LogP contribution < -0.4 is 5.73 Å². The smallest absolute Gasteiger partial charge is 0.351 e. The zero-order valence-corrected chi connectivity index (χ0v) is 15.5. The van der Waals surface area contributed by atoms with Crippen LogP contribution in [-0.4, -0.2) is 21.1 Å². The number of unbranched alkanes of at least 4 members (excludes halogenated alkanes) is 1. The largest absolute Gasteiger partial charge is 0.418 e. The minimum atomic E-state index is -4.43. The van der Waals surface area contributed by atoms with E-state index in [1.807, 2.05) is 35.9 Å². The fourth-order valence-corrected chi connectivity index (χ4v) is 3.78. The van der Waals surface area contributed by atoms with Gasteiger partial charge in [-0.1, -0.05) is 24.3 Å². The fourth-order valence-electron chi connectivity index (χ4n) is 3.78. The number of aromatic nitrogens is 3. The molecule has 0 amide bonds. The van der Waals surface area contributed by atoms with Crippen molar-refractivity contribution in [3.8, 4) is 11.5 Å². The average molecular weight is 386 g/mol. The number of H-pyrrole nitrogens is 1. The lowest BCUT2D eigenvalue weighted by Crippen LogP contribution is -2.05. The monoisotopic (exact) mass is 386 g/mol. The van der Waals surface area contributed by atoms with Crippen molar-refractivity contribution in [1.29, 1.82) is 0 Å². The normalized spacial score (nSPS) is 12.3. The number of para-hydroxylation sites is 3. The van der Waals surface area contributed by atoms with Gasteiger partial charge in [-0.25, -0.2) is 4.98 Å². The summed E-state index contributed by atoms with van der Waals surface area (Å²) in [7, 11) is 1.88. The molecule has 0 radical (unpaired) electrons. The lowest BCUT2D eigenvalue weighted by atomic mass is 10.0. The van der Waals surface area contributed by atoms with Crippen molar-refractivity contribution in [2.24, 2.45) is 12.8 Å². The molecule has 2 heterocycles. The lowest BCUT2D eigenvalue weighted by Gasteiger charge is -2.07. The molecule has 4 rings (SSSR count). The van der Waals surface area contributed by atoms with Gasteiger partial charge in [0, 0.05) is 12.4 Å². The predicted octanol–water partition coefficient (Wildman–Crippen LogP) is 5.02. The average Bonchev–Trinajstić information content (AvgIpc) is 3.19. The first-order chi connectivity index (χ1) is 13.4. The first-order valence-corrected chi connectivity index (χ1v) is 9.24. The summed E-state index contributed by atoms with van der Waals surface area (Å²) in [6.07, 6.45) is -2.18. The SMILES string of the molecule is Cn1c(-c2[nH]c3c(C(F)(F)F)cccc3c2CCCCN)nc2ccccc21. The summed E-state index contributed by atoms with van der Waals surface area (Å²) in [5, 5.41) is 0.592. The Morgan fingerprint density at radius 1 is 1.07 bits per heavy atom. The zero-order valence-electron chi connectivity index (χ0n) is 15.5. The summed E-state index contributed by atoms with van der Waals surface area (Å²) >= 11 is 0. The Balaban J connectivity index is 1.98. The van der Waals surface area contributed by atoms with Crippen molar-refractivity contribution in [3.05, 3.63) is 53.6 Å². The van der Waals surface area contributed by atoms with Gasteiger partial charge in [-0.15, -0.1) is 0 Å². The molecule has 0 atom stereocenters. The number of aryl methyl sites for hydroxylation is 2. The maximum absolute atomic E-state index is 13.6. The van der Waals surface area contributed by atoms with Gasteiger partial charge in [0.25, 0.3) is 0 Å².